The first-order valence-electron chi connectivity index (χ1n) is 6.06. The molecule has 1 aliphatic heterocycles. The van der Waals surface area contributed by atoms with Gasteiger partial charge in [-0.2, -0.15) is 0 Å². The molecular formula is C13H13FN2O4. The van der Waals surface area contributed by atoms with Crippen molar-refractivity contribution in [3.8, 4) is 0 Å². The second kappa shape index (κ2) is 5.68. The minimum Gasteiger partial charge on any atom is -0.512 e. The number of piperidine rings is 1. The molecule has 0 saturated carbocycles. The van der Waals surface area contributed by atoms with E-state index < -0.39 is 23.7 Å². The molecule has 0 aromatic heterocycles. The molecule has 6 nitrogen and oxygen atoms in total. The van der Waals surface area contributed by atoms with E-state index in [9.17, 15) is 23.9 Å². The summed E-state index contributed by atoms with van der Waals surface area (Å²) in [5, 5.41) is 13.8. The van der Waals surface area contributed by atoms with E-state index >= 15 is 0 Å². The summed E-state index contributed by atoms with van der Waals surface area (Å²) in [4.78, 5) is 34.4. The zero-order valence-electron chi connectivity index (χ0n) is 10.5. The Labute approximate surface area is 114 Å². The van der Waals surface area contributed by atoms with Crippen LogP contribution >= 0.6 is 0 Å². The second-order valence-corrected chi connectivity index (χ2v) is 4.53. The number of carbonyl (C=O) groups excluding carboxylic acids is 3. The summed E-state index contributed by atoms with van der Waals surface area (Å²) in [7, 11) is 0. The van der Waals surface area contributed by atoms with Crippen LogP contribution in [0.4, 0.5) is 4.39 Å². The van der Waals surface area contributed by atoms with Crippen molar-refractivity contribution in [3.05, 3.63) is 35.4 Å². The van der Waals surface area contributed by atoms with E-state index in [4.69, 9.17) is 0 Å². The van der Waals surface area contributed by atoms with Crippen molar-refractivity contribution in [3.63, 3.8) is 0 Å². The second-order valence-electron chi connectivity index (χ2n) is 4.53. The number of hydrogen-bond acceptors (Lipinski definition) is 4. The monoisotopic (exact) mass is 280 g/mol. The third-order valence-corrected chi connectivity index (χ3v) is 2.92. The number of rotatable bonds is 2. The van der Waals surface area contributed by atoms with Crippen LogP contribution in [0, 0.1) is 0 Å². The van der Waals surface area contributed by atoms with E-state index in [1.165, 1.54) is 12.2 Å². The van der Waals surface area contributed by atoms with Crippen LogP contribution in [0.15, 0.2) is 35.4 Å². The molecule has 0 bridgehead atoms. The number of allylic oxidation sites excluding steroid dienone is 3. The number of imide groups is 1. The van der Waals surface area contributed by atoms with Crippen molar-refractivity contribution in [1.29, 1.82) is 0 Å². The highest BCUT2D eigenvalue weighted by Crippen LogP contribution is 2.18. The van der Waals surface area contributed by atoms with Crippen molar-refractivity contribution >= 4 is 17.7 Å². The van der Waals surface area contributed by atoms with Crippen molar-refractivity contribution in [2.24, 2.45) is 0 Å². The topological polar surface area (TPSA) is 95.5 Å². The maximum absolute atomic E-state index is 13.3. The molecule has 1 fully saturated rings. The van der Waals surface area contributed by atoms with Crippen LogP contribution in [0.3, 0.4) is 0 Å². The zero-order chi connectivity index (χ0) is 14.7. The number of aliphatic hydroxyl groups excluding tert-OH is 1. The number of aliphatic hydroxyl groups is 1. The molecule has 2 aliphatic rings. The third kappa shape index (κ3) is 3.31. The van der Waals surface area contributed by atoms with Gasteiger partial charge < -0.3 is 10.4 Å². The van der Waals surface area contributed by atoms with Gasteiger partial charge in [-0.1, -0.05) is 0 Å². The molecule has 3 N–H and O–H groups in total. The summed E-state index contributed by atoms with van der Waals surface area (Å²) < 4.78 is 13.3. The van der Waals surface area contributed by atoms with Gasteiger partial charge in [-0.3, -0.25) is 19.7 Å². The number of hydrogen-bond donors (Lipinski definition) is 3. The fourth-order valence-corrected chi connectivity index (χ4v) is 1.90. The van der Waals surface area contributed by atoms with Gasteiger partial charge in [0, 0.05) is 12.0 Å². The summed E-state index contributed by atoms with van der Waals surface area (Å²) in [6.45, 7) is 0. The van der Waals surface area contributed by atoms with E-state index in [2.05, 4.69) is 10.6 Å². The number of carbonyl (C=O) groups is 3. The van der Waals surface area contributed by atoms with Crippen molar-refractivity contribution in [2.45, 2.75) is 25.3 Å². The first kappa shape index (κ1) is 14.0. The lowest BCUT2D eigenvalue weighted by molar-refractivity contribution is -0.136. The summed E-state index contributed by atoms with van der Waals surface area (Å²) in [5.41, 5.74) is -0.00347. The smallest absolute Gasteiger partial charge is 0.252 e. The first-order chi connectivity index (χ1) is 9.45. The van der Waals surface area contributed by atoms with Crippen LogP contribution < -0.4 is 10.6 Å². The van der Waals surface area contributed by atoms with E-state index in [0.717, 1.165) is 6.08 Å². The lowest BCUT2D eigenvalue weighted by Crippen LogP contribution is -2.52. The van der Waals surface area contributed by atoms with E-state index in [1.54, 1.807) is 0 Å². The number of halogens is 1. The molecule has 106 valence electrons. The van der Waals surface area contributed by atoms with E-state index in [-0.39, 0.29) is 36.5 Å². The van der Waals surface area contributed by atoms with Crippen molar-refractivity contribution in [1.82, 2.24) is 10.6 Å². The normalized spacial score (nSPS) is 23.1. The Kier molecular flexibility index (Phi) is 3.97. The Balaban J connectivity index is 2.07. The van der Waals surface area contributed by atoms with Gasteiger partial charge in [0.05, 0.1) is 12.2 Å². The zero-order valence-corrected chi connectivity index (χ0v) is 10.5. The van der Waals surface area contributed by atoms with Gasteiger partial charge >= 0.3 is 0 Å². The van der Waals surface area contributed by atoms with Crippen LogP contribution in [-0.2, 0) is 14.4 Å². The van der Waals surface area contributed by atoms with Crippen LogP contribution in [0.25, 0.3) is 0 Å². The van der Waals surface area contributed by atoms with Gasteiger partial charge in [0.15, 0.2) is 0 Å². The molecule has 1 atom stereocenters. The lowest BCUT2D eigenvalue weighted by atomic mass is 10.1. The highest BCUT2D eigenvalue weighted by Gasteiger charge is 2.28. The predicted molar refractivity (Wildman–Crippen MR) is 66.9 cm³/mol. The molecular weight excluding hydrogens is 267 g/mol. The first-order valence-corrected chi connectivity index (χ1v) is 6.06. The minimum atomic E-state index is -0.821. The SMILES string of the molecule is O=C1CCC(NC(=O)C2=CC=C(O)CC(F)=C2)C(=O)N1. The summed E-state index contributed by atoms with van der Waals surface area (Å²) in [5.74, 6) is -2.44. The van der Waals surface area contributed by atoms with Gasteiger partial charge in [-0.25, -0.2) is 4.39 Å². The molecule has 1 saturated heterocycles. The van der Waals surface area contributed by atoms with Gasteiger partial charge in [0.25, 0.3) is 5.91 Å². The molecule has 3 amide bonds. The number of amides is 3. The summed E-state index contributed by atoms with van der Waals surface area (Å²) >= 11 is 0. The molecule has 0 aromatic carbocycles. The fraction of sp³-hybridized carbons (Fsp3) is 0.308. The van der Waals surface area contributed by atoms with Gasteiger partial charge in [0.2, 0.25) is 11.8 Å². The average Bonchev–Trinajstić information content (AvgIpc) is 2.53. The molecule has 2 rings (SSSR count). The van der Waals surface area contributed by atoms with Crippen LogP contribution in [0.5, 0.6) is 0 Å². The summed E-state index contributed by atoms with van der Waals surface area (Å²) in [6.07, 6.45) is 3.57. The molecule has 20 heavy (non-hydrogen) atoms. The Morgan fingerprint density at radius 2 is 2.15 bits per heavy atom. The summed E-state index contributed by atoms with van der Waals surface area (Å²) in [6, 6.07) is -0.821. The average molecular weight is 280 g/mol. The van der Waals surface area contributed by atoms with Gasteiger partial charge in [-0.05, 0) is 24.6 Å². The molecule has 1 aliphatic carbocycles. The highest BCUT2D eigenvalue weighted by molar-refractivity contribution is 6.04. The molecule has 7 heteroatoms. The molecule has 0 spiro atoms. The quantitative estimate of drug-likeness (QED) is 0.643. The van der Waals surface area contributed by atoms with Crippen LogP contribution in [0.2, 0.25) is 0 Å². The Morgan fingerprint density at radius 1 is 1.40 bits per heavy atom. The lowest BCUT2D eigenvalue weighted by Gasteiger charge is -2.21. The minimum absolute atomic E-state index is 0.00347. The van der Waals surface area contributed by atoms with Gasteiger partial charge in [0.1, 0.15) is 11.9 Å². The Morgan fingerprint density at radius 3 is 2.85 bits per heavy atom. The molecule has 1 unspecified atom stereocenters. The maximum Gasteiger partial charge on any atom is 0.252 e. The Bertz CT molecular complexity index is 563. The third-order valence-electron chi connectivity index (χ3n) is 2.92. The maximum atomic E-state index is 13.3. The highest BCUT2D eigenvalue weighted by atomic mass is 19.1. The number of nitrogens with one attached hydrogen (secondary N) is 2. The predicted octanol–water partition coefficient (Wildman–Crippen LogP) is 0.533. The largest absolute Gasteiger partial charge is 0.512 e. The standard InChI is InChI=1S/C13H13FN2O4/c14-8-5-7(1-2-9(17)6-8)12(19)15-10-3-4-11(18)16-13(10)20/h1-2,5,10,17H,3-4,6H2,(H,15,19)(H,16,18,20). The molecule has 0 radical (unpaired) electrons. The fourth-order valence-electron chi connectivity index (χ4n) is 1.90. The van der Waals surface area contributed by atoms with Crippen LogP contribution in [0.1, 0.15) is 19.3 Å². The molecule has 0 aromatic rings. The van der Waals surface area contributed by atoms with E-state index in [0.29, 0.717) is 0 Å². The van der Waals surface area contributed by atoms with Crippen molar-refractivity contribution < 1.29 is 23.9 Å². The van der Waals surface area contributed by atoms with Crippen LogP contribution in [-0.4, -0.2) is 28.9 Å². The molecule has 1 heterocycles. The Hall–Kier alpha value is -2.44. The van der Waals surface area contributed by atoms with Crippen molar-refractivity contribution in [2.75, 3.05) is 0 Å². The van der Waals surface area contributed by atoms with Gasteiger partial charge in [-0.15, -0.1) is 0 Å². The van der Waals surface area contributed by atoms with E-state index in [1.807, 2.05) is 0 Å².